The lowest BCUT2D eigenvalue weighted by atomic mass is 10.2. The van der Waals surface area contributed by atoms with Crippen molar-refractivity contribution in [2.24, 2.45) is 0 Å². The van der Waals surface area contributed by atoms with Gasteiger partial charge >= 0.3 is 0 Å². The predicted octanol–water partition coefficient (Wildman–Crippen LogP) is 2.54. The lowest BCUT2D eigenvalue weighted by Crippen LogP contribution is -2.12. The summed E-state index contributed by atoms with van der Waals surface area (Å²) in [7, 11) is 0. The number of para-hydroxylation sites is 1. The lowest BCUT2D eigenvalue weighted by molar-refractivity contribution is 0.316. The highest BCUT2D eigenvalue weighted by Crippen LogP contribution is 2.29. The van der Waals surface area contributed by atoms with Gasteiger partial charge in [0.2, 0.25) is 0 Å². The van der Waals surface area contributed by atoms with E-state index in [4.69, 9.17) is 4.74 Å². The fraction of sp³-hybridized carbons (Fsp3) is 0.308. The number of aromatic hydroxyl groups is 1. The fourth-order valence-electron chi connectivity index (χ4n) is 1.63. The van der Waals surface area contributed by atoms with Gasteiger partial charge in [-0.25, -0.2) is 4.98 Å². The Bertz CT molecular complexity index is 486. The maximum Gasteiger partial charge on any atom is 0.162 e. The molecule has 0 amide bonds. The van der Waals surface area contributed by atoms with Crippen LogP contribution in [0.1, 0.15) is 17.5 Å². The zero-order chi connectivity index (χ0) is 12.8. The number of nitrogens with one attached hydrogen (secondary N) is 1. The van der Waals surface area contributed by atoms with Gasteiger partial charge < -0.3 is 15.2 Å². The van der Waals surface area contributed by atoms with Crippen LogP contribution in [-0.4, -0.2) is 16.7 Å². The summed E-state index contributed by atoms with van der Waals surface area (Å²) in [6.07, 6.45) is 1.79. The molecular weight excluding hydrogens is 248 g/mol. The van der Waals surface area contributed by atoms with Gasteiger partial charge in [-0.15, -0.1) is 11.3 Å². The van der Waals surface area contributed by atoms with Crippen molar-refractivity contribution < 1.29 is 9.84 Å². The molecule has 0 unspecified atom stereocenters. The average Bonchev–Trinajstić information content (AvgIpc) is 2.87. The molecule has 0 saturated heterocycles. The lowest BCUT2D eigenvalue weighted by Gasteiger charge is -2.10. The highest BCUT2D eigenvalue weighted by molar-refractivity contribution is 7.09. The Kier molecular flexibility index (Phi) is 4.55. The molecule has 18 heavy (non-hydrogen) atoms. The number of ether oxygens (including phenoxy) is 1. The molecule has 0 atom stereocenters. The molecule has 0 aliphatic rings. The first-order chi connectivity index (χ1) is 8.81. The van der Waals surface area contributed by atoms with E-state index < -0.39 is 0 Å². The van der Waals surface area contributed by atoms with Crippen LogP contribution in [0.25, 0.3) is 0 Å². The van der Waals surface area contributed by atoms with Gasteiger partial charge in [-0.1, -0.05) is 12.1 Å². The third-order valence-electron chi connectivity index (χ3n) is 2.46. The van der Waals surface area contributed by atoms with Gasteiger partial charge in [-0.3, -0.25) is 0 Å². The van der Waals surface area contributed by atoms with Gasteiger partial charge in [-0.2, -0.15) is 0 Å². The van der Waals surface area contributed by atoms with Crippen LogP contribution < -0.4 is 10.1 Å². The highest BCUT2D eigenvalue weighted by Gasteiger charge is 2.07. The number of hydrogen-bond acceptors (Lipinski definition) is 5. The van der Waals surface area contributed by atoms with Gasteiger partial charge in [0.05, 0.1) is 6.61 Å². The van der Waals surface area contributed by atoms with E-state index in [2.05, 4.69) is 10.3 Å². The minimum Gasteiger partial charge on any atom is -0.504 e. The van der Waals surface area contributed by atoms with Gasteiger partial charge in [0.1, 0.15) is 5.01 Å². The molecular formula is C13H16N2O2S. The number of hydrogen-bond donors (Lipinski definition) is 2. The molecule has 2 N–H and O–H groups in total. The molecule has 0 saturated carbocycles. The van der Waals surface area contributed by atoms with Crippen LogP contribution in [0.4, 0.5) is 0 Å². The topological polar surface area (TPSA) is 54.4 Å². The van der Waals surface area contributed by atoms with Crippen LogP contribution in [0.5, 0.6) is 11.5 Å². The van der Waals surface area contributed by atoms with Crippen molar-refractivity contribution >= 4 is 11.3 Å². The number of rotatable bonds is 6. The smallest absolute Gasteiger partial charge is 0.162 e. The van der Waals surface area contributed by atoms with Crippen molar-refractivity contribution in [3.8, 4) is 11.5 Å². The molecule has 2 aromatic rings. The normalized spacial score (nSPS) is 10.5. The van der Waals surface area contributed by atoms with Crippen molar-refractivity contribution in [1.82, 2.24) is 10.3 Å². The Labute approximate surface area is 110 Å². The predicted molar refractivity (Wildman–Crippen MR) is 71.9 cm³/mol. The Hall–Kier alpha value is -1.59. The van der Waals surface area contributed by atoms with Gasteiger partial charge in [0.25, 0.3) is 0 Å². The minimum absolute atomic E-state index is 0.214. The number of phenolic OH excluding ortho intramolecular Hbond substituents is 1. The van der Waals surface area contributed by atoms with Crippen LogP contribution in [0.2, 0.25) is 0 Å². The quantitative estimate of drug-likeness (QED) is 0.842. The molecule has 0 radical (unpaired) electrons. The van der Waals surface area contributed by atoms with Crippen LogP contribution in [0.15, 0.2) is 29.8 Å². The maximum atomic E-state index is 10.00. The van der Waals surface area contributed by atoms with E-state index in [1.165, 1.54) is 0 Å². The molecule has 2 rings (SSSR count). The third kappa shape index (κ3) is 3.21. The third-order valence-corrected chi connectivity index (χ3v) is 3.24. The molecule has 0 spiro atoms. The number of aromatic nitrogens is 1. The Balaban J connectivity index is 1.94. The molecule has 0 fully saturated rings. The zero-order valence-electron chi connectivity index (χ0n) is 10.2. The largest absolute Gasteiger partial charge is 0.504 e. The molecule has 5 heteroatoms. The molecule has 4 nitrogen and oxygen atoms in total. The van der Waals surface area contributed by atoms with E-state index in [-0.39, 0.29) is 5.75 Å². The van der Waals surface area contributed by atoms with Crippen molar-refractivity contribution in [1.29, 1.82) is 0 Å². The van der Waals surface area contributed by atoms with Crippen LogP contribution >= 0.6 is 11.3 Å². The van der Waals surface area contributed by atoms with E-state index >= 15 is 0 Å². The highest BCUT2D eigenvalue weighted by atomic mass is 32.1. The fourth-order valence-corrected chi connectivity index (χ4v) is 2.21. The number of thiazole rings is 1. The summed E-state index contributed by atoms with van der Waals surface area (Å²) in [5.74, 6) is 0.747. The molecule has 1 aromatic heterocycles. The van der Waals surface area contributed by atoms with E-state index in [9.17, 15) is 5.11 Å². The standard InChI is InChI=1S/C13H16N2O2S/c1-2-17-11-5-3-4-10(13(11)16)8-14-9-12-15-6-7-18-12/h3-7,14,16H,2,8-9H2,1H3. The maximum absolute atomic E-state index is 10.00. The summed E-state index contributed by atoms with van der Waals surface area (Å²) < 4.78 is 5.34. The molecule has 1 heterocycles. The second kappa shape index (κ2) is 6.37. The number of nitrogens with zero attached hydrogens (tertiary/aromatic N) is 1. The summed E-state index contributed by atoms with van der Waals surface area (Å²) in [5, 5.41) is 16.2. The first-order valence-electron chi connectivity index (χ1n) is 5.84. The van der Waals surface area contributed by atoms with Crippen LogP contribution in [0, 0.1) is 0 Å². The molecule has 0 aliphatic carbocycles. The monoisotopic (exact) mass is 264 g/mol. The van der Waals surface area contributed by atoms with E-state index in [1.807, 2.05) is 24.4 Å². The Morgan fingerprint density at radius 1 is 1.39 bits per heavy atom. The number of benzene rings is 1. The summed E-state index contributed by atoms with van der Waals surface area (Å²) in [6.45, 7) is 3.73. The summed E-state index contributed by atoms with van der Waals surface area (Å²) in [4.78, 5) is 4.19. The second-order valence-corrected chi connectivity index (χ2v) is 4.71. The van der Waals surface area contributed by atoms with Crippen molar-refractivity contribution in [2.45, 2.75) is 20.0 Å². The van der Waals surface area contributed by atoms with Crippen LogP contribution in [-0.2, 0) is 13.1 Å². The molecule has 1 aromatic carbocycles. The van der Waals surface area contributed by atoms with Gasteiger partial charge in [0, 0.05) is 30.2 Å². The van der Waals surface area contributed by atoms with Crippen molar-refractivity contribution in [3.05, 3.63) is 40.3 Å². The molecule has 0 bridgehead atoms. The first-order valence-corrected chi connectivity index (χ1v) is 6.72. The summed E-state index contributed by atoms with van der Waals surface area (Å²) >= 11 is 1.61. The van der Waals surface area contributed by atoms with E-state index in [0.717, 1.165) is 10.6 Å². The van der Waals surface area contributed by atoms with Crippen LogP contribution in [0.3, 0.4) is 0 Å². The first kappa shape index (κ1) is 12.9. The Morgan fingerprint density at radius 2 is 2.28 bits per heavy atom. The minimum atomic E-state index is 0.214. The van der Waals surface area contributed by atoms with E-state index in [1.54, 1.807) is 23.6 Å². The van der Waals surface area contributed by atoms with Gasteiger partial charge in [0.15, 0.2) is 11.5 Å². The van der Waals surface area contributed by atoms with Crippen molar-refractivity contribution in [2.75, 3.05) is 6.61 Å². The molecule has 96 valence electrons. The summed E-state index contributed by atoms with van der Waals surface area (Å²) in [5.41, 5.74) is 0.831. The summed E-state index contributed by atoms with van der Waals surface area (Å²) in [6, 6.07) is 5.53. The average molecular weight is 264 g/mol. The zero-order valence-corrected chi connectivity index (χ0v) is 11.0. The Morgan fingerprint density at radius 3 is 3.00 bits per heavy atom. The van der Waals surface area contributed by atoms with Crippen molar-refractivity contribution in [3.63, 3.8) is 0 Å². The van der Waals surface area contributed by atoms with Gasteiger partial charge in [-0.05, 0) is 13.0 Å². The molecule has 0 aliphatic heterocycles. The number of phenols is 1. The SMILES string of the molecule is CCOc1cccc(CNCc2nccs2)c1O. The second-order valence-electron chi connectivity index (χ2n) is 3.73. The van der Waals surface area contributed by atoms with E-state index in [0.29, 0.717) is 25.4 Å².